The lowest BCUT2D eigenvalue weighted by atomic mass is 10.1. The van der Waals surface area contributed by atoms with Gasteiger partial charge < -0.3 is 4.74 Å². The molecule has 0 atom stereocenters. The van der Waals surface area contributed by atoms with Crippen molar-refractivity contribution in [2.75, 3.05) is 13.7 Å². The molecular formula is C16H25NO. The second kappa shape index (κ2) is 6.79. The zero-order valence-electron chi connectivity index (χ0n) is 11.7. The van der Waals surface area contributed by atoms with Crippen molar-refractivity contribution in [2.24, 2.45) is 0 Å². The topological polar surface area (TPSA) is 12.5 Å². The van der Waals surface area contributed by atoms with Gasteiger partial charge in [0, 0.05) is 18.2 Å². The van der Waals surface area contributed by atoms with Crippen molar-refractivity contribution in [3.63, 3.8) is 0 Å². The Hall–Kier alpha value is -1.02. The van der Waals surface area contributed by atoms with Crippen molar-refractivity contribution in [3.8, 4) is 5.75 Å². The monoisotopic (exact) mass is 247 g/mol. The fourth-order valence-electron chi connectivity index (χ4n) is 2.45. The van der Waals surface area contributed by atoms with Crippen molar-refractivity contribution in [1.82, 2.24) is 4.90 Å². The fourth-order valence-corrected chi connectivity index (χ4v) is 2.45. The summed E-state index contributed by atoms with van der Waals surface area (Å²) in [5, 5.41) is 0. The Morgan fingerprint density at radius 2 is 2.00 bits per heavy atom. The summed E-state index contributed by atoms with van der Waals surface area (Å²) in [6, 6.07) is 9.22. The van der Waals surface area contributed by atoms with Crippen LogP contribution in [0.2, 0.25) is 0 Å². The predicted octanol–water partition coefficient (Wildman–Crippen LogP) is 3.85. The van der Waals surface area contributed by atoms with Gasteiger partial charge in [-0.1, -0.05) is 38.0 Å². The van der Waals surface area contributed by atoms with Gasteiger partial charge in [-0.25, -0.2) is 0 Å². The molecule has 1 fully saturated rings. The molecule has 18 heavy (non-hydrogen) atoms. The minimum atomic E-state index is 0.826. The molecule has 0 aliphatic heterocycles. The highest BCUT2D eigenvalue weighted by molar-refractivity contribution is 5.33. The smallest absolute Gasteiger partial charge is 0.123 e. The second-order valence-electron chi connectivity index (χ2n) is 5.22. The van der Waals surface area contributed by atoms with Crippen LogP contribution in [0.3, 0.4) is 0 Å². The van der Waals surface area contributed by atoms with Crippen LogP contribution < -0.4 is 4.74 Å². The number of hydrogen-bond acceptors (Lipinski definition) is 2. The molecule has 0 N–H and O–H groups in total. The first-order valence-electron chi connectivity index (χ1n) is 7.21. The van der Waals surface area contributed by atoms with E-state index in [4.69, 9.17) is 4.74 Å². The Balaban J connectivity index is 1.95. The minimum Gasteiger partial charge on any atom is -0.496 e. The Labute approximate surface area is 111 Å². The van der Waals surface area contributed by atoms with E-state index in [9.17, 15) is 0 Å². The molecule has 100 valence electrons. The van der Waals surface area contributed by atoms with E-state index < -0.39 is 0 Å². The number of para-hydroxylation sites is 1. The molecule has 1 aliphatic carbocycles. The number of unbranched alkanes of at least 4 members (excludes halogenated alkanes) is 2. The second-order valence-corrected chi connectivity index (χ2v) is 5.22. The molecule has 0 unspecified atom stereocenters. The van der Waals surface area contributed by atoms with Crippen LogP contribution in [0.15, 0.2) is 24.3 Å². The van der Waals surface area contributed by atoms with Crippen molar-refractivity contribution in [3.05, 3.63) is 29.8 Å². The highest BCUT2D eigenvalue weighted by atomic mass is 16.5. The van der Waals surface area contributed by atoms with E-state index >= 15 is 0 Å². The third kappa shape index (κ3) is 3.74. The molecule has 0 spiro atoms. The van der Waals surface area contributed by atoms with Gasteiger partial charge >= 0.3 is 0 Å². The number of hydrogen-bond donors (Lipinski definition) is 0. The number of nitrogens with zero attached hydrogens (tertiary/aromatic N) is 1. The maximum atomic E-state index is 5.45. The van der Waals surface area contributed by atoms with Crippen LogP contribution in [0, 0.1) is 0 Å². The first kappa shape index (κ1) is 13.4. The number of ether oxygens (including phenoxy) is 1. The number of benzene rings is 1. The quantitative estimate of drug-likeness (QED) is 0.647. The Morgan fingerprint density at radius 1 is 1.22 bits per heavy atom. The zero-order valence-corrected chi connectivity index (χ0v) is 11.7. The molecule has 1 aromatic carbocycles. The van der Waals surface area contributed by atoms with E-state index in [0.29, 0.717) is 0 Å². The first-order chi connectivity index (χ1) is 8.85. The summed E-state index contributed by atoms with van der Waals surface area (Å²) < 4.78 is 5.45. The lowest BCUT2D eigenvalue weighted by Gasteiger charge is -2.23. The highest BCUT2D eigenvalue weighted by Crippen LogP contribution is 2.30. The van der Waals surface area contributed by atoms with Gasteiger partial charge in [-0.15, -0.1) is 0 Å². The molecule has 1 saturated carbocycles. The van der Waals surface area contributed by atoms with E-state index in [2.05, 4.69) is 30.0 Å². The fraction of sp³-hybridized carbons (Fsp3) is 0.625. The SMILES string of the molecule is CCCCCN(Cc1ccccc1OC)C1CC1. The number of rotatable bonds is 8. The lowest BCUT2D eigenvalue weighted by molar-refractivity contribution is 0.245. The molecule has 0 radical (unpaired) electrons. The lowest BCUT2D eigenvalue weighted by Crippen LogP contribution is -2.26. The zero-order chi connectivity index (χ0) is 12.8. The van der Waals surface area contributed by atoms with Crippen LogP contribution in [0.4, 0.5) is 0 Å². The third-order valence-electron chi connectivity index (χ3n) is 3.68. The van der Waals surface area contributed by atoms with Crippen LogP contribution in [-0.4, -0.2) is 24.6 Å². The largest absolute Gasteiger partial charge is 0.496 e. The van der Waals surface area contributed by atoms with Gasteiger partial charge in [0.15, 0.2) is 0 Å². The van der Waals surface area contributed by atoms with Crippen molar-refractivity contribution >= 4 is 0 Å². The van der Waals surface area contributed by atoms with E-state index in [1.165, 1.54) is 44.2 Å². The molecule has 0 heterocycles. The van der Waals surface area contributed by atoms with Crippen LogP contribution in [0.5, 0.6) is 5.75 Å². The van der Waals surface area contributed by atoms with Gasteiger partial charge in [0.25, 0.3) is 0 Å². The molecule has 2 heteroatoms. The molecule has 0 amide bonds. The van der Waals surface area contributed by atoms with Gasteiger partial charge in [0.2, 0.25) is 0 Å². The maximum Gasteiger partial charge on any atom is 0.123 e. The summed E-state index contributed by atoms with van der Waals surface area (Å²) in [7, 11) is 1.76. The molecular weight excluding hydrogens is 222 g/mol. The summed E-state index contributed by atoms with van der Waals surface area (Å²) in [5.41, 5.74) is 1.32. The molecule has 1 aliphatic rings. The molecule has 2 nitrogen and oxygen atoms in total. The molecule has 1 aromatic rings. The van der Waals surface area contributed by atoms with Crippen LogP contribution in [0.1, 0.15) is 44.6 Å². The predicted molar refractivity (Wildman–Crippen MR) is 76.0 cm³/mol. The van der Waals surface area contributed by atoms with E-state index in [1.54, 1.807) is 7.11 Å². The Bertz CT molecular complexity index is 360. The minimum absolute atomic E-state index is 0.826. The van der Waals surface area contributed by atoms with Gasteiger partial charge in [-0.05, 0) is 31.9 Å². The van der Waals surface area contributed by atoms with Crippen LogP contribution in [0.25, 0.3) is 0 Å². The summed E-state index contributed by atoms with van der Waals surface area (Å²) in [6.07, 6.45) is 6.72. The Kier molecular flexibility index (Phi) is 5.06. The van der Waals surface area contributed by atoms with Gasteiger partial charge in [0.05, 0.1) is 7.11 Å². The summed E-state index contributed by atoms with van der Waals surface area (Å²) in [6.45, 7) is 4.54. The normalized spacial score (nSPS) is 15.1. The summed E-state index contributed by atoms with van der Waals surface area (Å²) >= 11 is 0. The third-order valence-corrected chi connectivity index (χ3v) is 3.68. The maximum absolute atomic E-state index is 5.45. The molecule has 2 rings (SSSR count). The van der Waals surface area contributed by atoms with Crippen molar-refractivity contribution in [1.29, 1.82) is 0 Å². The van der Waals surface area contributed by atoms with E-state index in [1.807, 2.05) is 6.07 Å². The van der Waals surface area contributed by atoms with Gasteiger partial charge in [0.1, 0.15) is 5.75 Å². The van der Waals surface area contributed by atoms with Crippen molar-refractivity contribution in [2.45, 2.75) is 51.6 Å². The van der Waals surface area contributed by atoms with E-state index in [-0.39, 0.29) is 0 Å². The molecule has 0 bridgehead atoms. The van der Waals surface area contributed by atoms with Crippen LogP contribution in [-0.2, 0) is 6.54 Å². The summed E-state index contributed by atoms with van der Waals surface area (Å²) in [5.74, 6) is 1.03. The van der Waals surface area contributed by atoms with Gasteiger partial charge in [-0.2, -0.15) is 0 Å². The number of methoxy groups -OCH3 is 1. The summed E-state index contributed by atoms with van der Waals surface area (Å²) in [4.78, 5) is 2.63. The van der Waals surface area contributed by atoms with Crippen molar-refractivity contribution < 1.29 is 4.74 Å². The highest BCUT2D eigenvalue weighted by Gasteiger charge is 2.28. The van der Waals surface area contributed by atoms with Crippen LogP contribution >= 0.6 is 0 Å². The van der Waals surface area contributed by atoms with Gasteiger partial charge in [-0.3, -0.25) is 4.90 Å². The standard InChI is InChI=1S/C16H25NO/c1-3-4-7-12-17(15-10-11-15)13-14-8-5-6-9-16(14)18-2/h5-6,8-9,15H,3-4,7,10-13H2,1-2H3. The average Bonchev–Trinajstić information content (AvgIpc) is 3.23. The Morgan fingerprint density at radius 3 is 2.67 bits per heavy atom. The first-order valence-corrected chi connectivity index (χ1v) is 7.21. The average molecular weight is 247 g/mol. The van der Waals surface area contributed by atoms with E-state index in [0.717, 1.165) is 18.3 Å². The molecule has 0 saturated heterocycles. The molecule has 0 aromatic heterocycles.